The Morgan fingerprint density at radius 2 is 2.05 bits per heavy atom. The maximum Gasteiger partial charge on any atom is 0.410 e. The van der Waals surface area contributed by atoms with Gasteiger partial charge in [0.1, 0.15) is 5.60 Å². The van der Waals surface area contributed by atoms with Crippen LogP contribution in [0.1, 0.15) is 40.0 Å². The molecule has 5 nitrogen and oxygen atoms in total. The number of carbonyl (C=O) groups is 1. The molecule has 0 saturated carbocycles. The molecule has 110 valence electrons. The van der Waals surface area contributed by atoms with Crippen LogP contribution in [0.25, 0.3) is 0 Å². The lowest BCUT2D eigenvalue weighted by atomic mass is 9.90. The average molecular weight is 270 g/mol. The topological polar surface area (TPSA) is 61.8 Å². The molecule has 2 heterocycles. The number of ether oxygens (including phenoxy) is 1. The van der Waals surface area contributed by atoms with Crippen LogP contribution in [0.2, 0.25) is 0 Å². The van der Waals surface area contributed by atoms with Crippen LogP contribution in [0.3, 0.4) is 0 Å². The van der Waals surface area contributed by atoms with Gasteiger partial charge in [0.2, 0.25) is 0 Å². The van der Waals surface area contributed by atoms with Gasteiger partial charge in [-0.2, -0.15) is 0 Å². The van der Waals surface area contributed by atoms with Crippen molar-refractivity contribution in [3.8, 4) is 0 Å². The van der Waals surface area contributed by atoms with Crippen molar-refractivity contribution in [1.29, 1.82) is 0 Å². The number of likely N-dealkylation sites (tertiary alicyclic amines) is 1. The molecule has 19 heavy (non-hydrogen) atoms. The monoisotopic (exact) mass is 270 g/mol. The number of carbonyl (C=O) groups excluding carboxylic acids is 1. The van der Waals surface area contributed by atoms with Crippen molar-refractivity contribution >= 4 is 6.09 Å². The number of aliphatic hydroxyl groups excluding tert-OH is 1. The number of hydrogen-bond acceptors (Lipinski definition) is 4. The molecule has 5 heteroatoms. The fourth-order valence-electron chi connectivity index (χ4n) is 2.93. The van der Waals surface area contributed by atoms with Crippen molar-refractivity contribution in [1.82, 2.24) is 10.2 Å². The molecule has 2 saturated heterocycles. The number of piperidine rings is 1. The Kier molecular flexibility index (Phi) is 4.36. The first-order valence-corrected chi connectivity index (χ1v) is 7.26. The van der Waals surface area contributed by atoms with E-state index in [-0.39, 0.29) is 12.0 Å². The smallest absolute Gasteiger partial charge is 0.410 e. The van der Waals surface area contributed by atoms with Crippen LogP contribution in [-0.2, 0) is 4.74 Å². The summed E-state index contributed by atoms with van der Waals surface area (Å²) in [5.74, 6) is 0.132. The zero-order chi connectivity index (χ0) is 14.0. The second-order valence-electron chi connectivity index (χ2n) is 6.67. The highest BCUT2D eigenvalue weighted by Gasteiger charge is 2.40. The molecular formula is C14H26N2O3. The van der Waals surface area contributed by atoms with Crippen molar-refractivity contribution in [3.63, 3.8) is 0 Å². The molecular weight excluding hydrogens is 244 g/mol. The van der Waals surface area contributed by atoms with E-state index < -0.39 is 11.7 Å². The molecule has 0 aromatic rings. The van der Waals surface area contributed by atoms with E-state index in [1.54, 1.807) is 4.90 Å². The highest BCUT2D eigenvalue weighted by atomic mass is 16.6. The van der Waals surface area contributed by atoms with Crippen molar-refractivity contribution in [2.45, 2.75) is 57.8 Å². The van der Waals surface area contributed by atoms with E-state index in [0.29, 0.717) is 19.1 Å². The van der Waals surface area contributed by atoms with E-state index in [4.69, 9.17) is 4.74 Å². The molecule has 2 N–H and O–H groups in total. The van der Waals surface area contributed by atoms with E-state index in [9.17, 15) is 9.90 Å². The van der Waals surface area contributed by atoms with E-state index >= 15 is 0 Å². The summed E-state index contributed by atoms with van der Waals surface area (Å²) in [5.41, 5.74) is -0.483. The van der Waals surface area contributed by atoms with Gasteiger partial charge in [0.15, 0.2) is 0 Å². The fraction of sp³-hybridized carbons (Fsp3) is 0.929. The third-order valence-corrected chi connectivity index (χ3v) is 3.85. The second kappa shape index (κ2) is 5.67. The number of hydrogen-bond donors (Lipinski definition) is 2. The van der Waals surface area contributed by atoms with Crippen molar-refractivity contribution in [2.24, 2.45) is 5.92 Å². The molecule has 2 aliphatic heterocycles. The fourth-order valence-corrected chi connectivity index (χ4v) is 2.93. The van der Waals surface area contributed by atoms with Gasteiger partial charge in [-0.05, 0) is 40.2 Å². The second-order valence-corrected chi connectivity index (χ2v) is 6.67. The molecule has 0 aromatic heterocycles. The Morgan fingerprint density at radius 1 is 1.32 bits per heavy atom. The molecule has 3 unspecified atom stereocenters. The van der Waals surface area contributed by atoms with Gasteiger partial charge in [-0.1, -0.05) is 6.42 Å². The standard InChI is InChI=1S/C14H26N2O3/c1-14(2,3)19-13(18)16-8-10(12(17)9-16)11-6-4-5-7-15-11/h10-12,15,17H,4-9H2,1-3H3. The Bertz CT molecular complexity index is 321. The molecule has 0 radical (unpaired) electrons. The van der Waals surface area contributed by atoms with Gasteiger partial charge in [-0.15, -0.1) is 0 Å². The molecule has 1 amide bonds. The third kappa shape index (κ3) is 3.83. The van der Waals surface area contributed by atoms with Crippen molar-refractivity contribution in [2.75, 3.05) is 19.6 Å². The zero-order valence-corrected chi connectivity index (χ0v) is 12.2. The van der Waals surface area contributed by atoms with Gasteiger partial charge in [-0.25, -0.2) is 4.79 Å². The minimum Gasteiger partial charge on any atom is -0.444 e. The highest BCUT2D eigenvalue weighted by Crippen LogP contribution is 2.26. The number of amides is 1. The third-order valence-electron chi connectivity index (χ3n) is 3.85. The van der Waals surface area contributed by atoms with Crippen molar-refractivity contribution < 1.29 is 14.6 Å². The minimum absolute atomic E-state index is 0.132. The molecule has 0 bridgehead atoms. The van der Waals surface area contributed by atoms with Crippen LogP contribution in [0.15, 0.2) is 0 Å². The van der Waals surface area contributed by atoms with Gasteiger partial charge in [-0.3, -0.25) is 0 Å². The molecule has 0 aliphatic carbocycles. The SMILES string of the molecule is CC(C)(C)OC(=O)N1CC(O)C(C2CCCCN2)C1. The summed E-state index contributed by atoms with van der Waals surface area (Å²) in [6.07, 6.45) is 2.74. The van der Waals surface area contributed by atoms with Crippen LogP contribution in [0.4, 0.5) is 4.79 Å². The molecule has 2 fully saturated rings. The Balaban J connectivity index is 1.91. The lowest BCUT2D eigenvalue weighted by molar-refractivity contribution is 0.0269. The average Bonchev–Trinajstić information content (AvgIpc) is 2.70. The van der Waals surface area contributed by atoms with Crippen LogP contribution < -0.4 is 5.32 Å². The number of nitrogens with one attached hydrogen (secondary N) is 1. The summed E-state index contributed by atoms with van der Waals surface area (Å²) in [6, 6.07) is 0.330. The Hall–Kier alpha value is -0.810. The largest absolute Gasteiger partial charge is 0.444 e. The Labute approximate surface area is 115 Å². The maximum absolute atomic E-state index is 12.0. The van der Waals surface area contributed by atoms with Crippen LogP contribution >= 0.6 is 0 Å². The normalized spacial score (nSPS) is 32.4. The van der Waals surface area contributed by atoms with E-state index in [1.165, 1.54) is 12.8 Å². The minimum atomic E-state index is -0.483. The molecule has 0 spiro atoms. The number of β-amino-alcohol motifs (C(OH)–C–C–N with tert-alkyl or cyclic N) is 1. The first kappa shape index (κ1) is 14.6. The summed E-state index contributed by atoms with van der Waals surface area (Å²) in [6.45, 7) is 7.57. The summed E-state index contributed by atoms with van der Waals surface area (Å²) < 4.78 is 5.36. The van der Waals surface area contributed by atoms with Crippen LogP contribution in [-0.4, -0.2) is 53.5 Å². The van der Waals surface area contributed by atoms with E-state index in [0.717, 1.165) is 13.0 Å². The maximum atomic E-state index is 12.0. The van der Waals surface area contributed by atoms with Gasteiger partial charge < -0.3 is 20.1 Å². The summed E-state index contributed by atoms with van der Waals surface area (Å²) in [4.78, 5) is 13.6. The molecule has 3 atom stereocenters. The van der Waals surface area contributed by atoms with Gasteiger partial charge in [0, 0.05) is 18.5 Å². The molecule has 2 aliphatic rings. The van der Waals surface area contributed by atoms with Crippen LogP contribution in [0, 0.1) is 5.92 Å². The number of aliphatic hydroxyl groups is 1. The van der Waals surface area contributed by atoms with Crippen LogP contribution in [0.5, 0.6) is 0 Å². The van der Waals surface area contributed by atoms with Gasteiger partial charge >= 0.3 is 6.09 Å². The number of rotatable bonds is 1. The lowest BCUT2D eigenvalue weighted by Gasteiger charge is -2.30. The number of nitrogens with zero attached hydrogens (tertiary/aromatic N) is 1. The van der Waals surface area contributed by atoms with E-state index in [2.05, 4.69) is 5.32 Å². The highest BCUT2D eigenvalue weighted by molar-refractivity contribution is 5.68. The van der Waals surface area contributed by atoms with Gasteiger partial charge in [0.25, 0.3) is 0 Å². The van der Waals surface area contributed by atoms with E-state index in [1.807, 2.05) is 20.8 Å². The predicted octanol–water partition coefficient (Wildman–Crippen LogP) is 1.36. The Morgan fingerprint density at radius 3 is 2.63 bits per heavy atom. The molecule has 2 rings (SSSR count). The quantitative estimate of drug-likeness (QED) is 0.755. The molecule has 0 aromatic carbocycles. The summed E-state index contributed by atoms with van der Waals surface area (Å²) >= 11 is 0. The first-order valence-electron chi connectivity index (χ1n) is 7.26. The summed E-state index contributed by atoms with van der Waals surface area (Å²) in [5, 5.41) is 13.6. The first-order chi connectivity index (χ1) is 8.87. The van der Waals surface area contributed by atoms with Crippen molar-refractivity contribution in [3.05, 3.63) is 0 Å². The zero-order valence-electron chi connectivity index (χ0n) is 12.2. The predicted molar refractivity (Wildman–Crippen MR) is 72.9 cm³/mol. The van der Waals surface area contributed by atoms with Gasteiger partial charge in [0.05, 0.1) is 12.6 Å². The lowest BCUT2D eigenvalue weighted by Crippen LogP contribution is -2.44. The summed E-state index contributed by atoms with van der Waals surface area (Å²) in [7, 11) is 0.